The van der Waals surface area contributed by atoms with Crippen molar-refractivity contribution in [1.29, 1.82) is 0 Å². The highest BCUT2D eigenvalue weighted by Crippen LogP contribution is 2.27. The molecule has 1 aromatic heterocycles. The van der Waals surface area contributed by atoms with Crippen LogP contribution in [0.1, 0.15) is 27.9 Å². The third kappa shape index (κ3) is 3.08. The first-order valence-corrected chi connectivity index (χ1v) is 8.24. The number of pyridine rings is 1. The standard InChI is InChI=1S/C16H20N2O2S/c1-10-9-11(2)14(5)16(13(10)4)21(19,20)18-15-8-6-7-12(3)17-15/h6-9H,1-5H3,(H,17,18). The first-order chi connectivity index (χ1) is 9.72. The fourth-order valence-electron chi connectivity index (χ4n) is 2.37. The molecule has 0 aliphatic rings. The van der Waals surface area contributed by atoms with E-state index in [-0.39, 0.29) is 0 Å². The van der Waals surface area contributed by atoms with Gasteiger partial charge in [-0.05, 0) is 69.0 Å². The first kappa shape index (κ1) is 15.5. The number of sulfonamides is 1. The average molecular weight is 304 g/mol. The first-order valence-electron chi connectivity index (χ1n) is 6.76. The second kappa shape index (κ2) is 5.48. The van der Waals surface area contributed by atoms with Gasteiger partial charge in [-0.25, -0.2) is 13.4 Å². The molecule has 1 N–H and O–H groups in total. The zero-order valence-corrected chi connectivity index (χ0v) is 13.8. The normalized spacial score (nSPS) is 11.5. The van der Waals surface area contributed by atoms with Crippen molar-refractivity contribution in [3.8, 4) is 0 Å². The molecule has 0 spiro atoms. The van der Waals surface area contributed by atoms with Gasteiger partial charge in [0, 0.05) is 5.69 Å². The molecule has 5 heteroatoms. The van der Waals surface area contributed by atoms with Gasteiger partial charge in [0.2, 0.25) is 0 Å². The molecule has 0 bridgehead atoms. The van der Waals surface area contributed by atoms with E-state index in [4.69, 9.17) is 0 Å². The Balaban J connectivity index is 2.55. The summed E-state index contributed by atoms with van der Waals surface area (Å²) in [7, 11) is -3.65. The van der Waals surface area contributed by atoms with Gasteiger partial charge in [0.25, 0.3) is 10.0 Å². The maximum absolute atomic E-state index is 12.7. The minimum absolute atomic E-state index is 0.341. The van der Waals surface area contributed by atoms with Crippen molar-refractivity contribution in [3.63, 3.8) is 0 Å². The molecule has 0 saturated heterocycles. The summed E-state index contributed by atoms with van der Waals surface area (Å²) in [5.41, 5.74) is 4.26. The van der Waals surface area contributed by atoms with E-state index in [1.165, 1.54) is 0 Å². The molecule has 0 aliphatic heterocycles. The largest absolute Gasteiger partial charge is 0.263 e. The zero-order chi connectivity index (χ0) is 15.8. The summed E-state index contributed by atoms with van der Waals surface area (Å²) in [6, 6.07) is 7.26. The number of hydrogen-bond acceptors (Lipinski definition) is 3. The van der Waals surface area contributed by atoms with E-state index < -0.39 is 10.0 Å². The molecule has 21 heavy (non-hydrogen) atoms. The maximum Gasteiger partial charge on any atom is 0.263 e. The van der Waals surface area contributed by atoms with Gasteiger partial charge in [0.15, 0.2) is 0 Å². The van der Waals surface area contributed by atoms with E-state index in [2.05, 4.69) is 9.71 Å². The molecule has 0 saturated carbocycles. The molecule has 0 aliphatic carbocycles. The number of benzene rings is 1. The summed E-state index contributed by atoms with van der Waals surface area (Å²) in [4.78, 5) is 4.55. The van der Waals surface area contributed by atoms with Crippen LogP contribution in [0.2, 0.25) is 0 Å². The molecule has 1 aromatic carbocycles. The number of aryl methyl sites for hydroxylation is 3. The number of aromatic nitrogens is 1. The lowest BCUT2D eigenvalue weighted by molar-refractivity contribution is 0.599. The number of hydrogen-bond donors (Lipinski definition) is 1. The summed E-state index contributed by atoms with van der Waals surface area (Å²) >= 11 is 0. The molecule has 112 valence electrons. The molecule has 1 heterocycles. The van der Waals surface area contributed by atoms with Crippen molar-refractivity contribution in [2.75, 3.05) is 4.72 Å². The fourth-order valence-corrected chi connectivity index (χ4v) is 3.99. The predicted molar refractivity (Wildman–Crippen MR) is 85.2 cm³/mol. The van der Waals surface area contributed by atoms with E-state index in [1.807, 2.05) is 46.8 Å². The van der Waals surface area contributed by atoms with Crippen LogP contribution in [0.5, 0.6) is 0 Å². The Hall–Kier alpha value is -1.88. The molecule has 4 nitrogen and oxygen atoms in total. The molecule has 0 radical (unpaired) electrons. The van der Waals surface area contributed by atoms with E-state index in [0.717, 1.165) is 27.9 Å². The van der Waals surface area contributed by atoms with Crippen molar-refractivity contribution >= 4 is 15.8 Å². The summed E-state index contributed by atoms with van der Waals surface area (Å²) < 4.78 is 28.0. The van der Waals surface area contributed by atoms with Gasteiger partial charge >= 0.3 is 0 Å². The Morgan fingerprint density at radius 2 is 1.52 bits per heavy atom. The van der Waals surface area contributed by atoms with Gasteiger partial charge in [-0.2, -0.15) is 0 Å². The van der Waals surface area contributed by atoms with Gasteiger partial charge in [-0.3, -0.25) is 4.72 Å². The second-order valence-electron chi connectivity index (χ2n) is 5.36. The lowest BCUT2D eigenvalue weighted by atomic mass is 10.0. The van der Waals surface area contributed by atoms with Crippen LogP contribution >= 0.6 is 0 Å². The third-order valence-corrected chi connectivity index (χ3v) is 5.32. The summed E-state index contributed by atoms with van der Waals surface area (Å²) in [5.74, 6) is 0.341. The fraction of sp³-hybridized carbons (Fsp3) is 0.312. The van der Waals surface area contributed by atoms with Crippen LogP contribution < -0.4 is 4.72 Å². The Bertz CT molecular complexity index is 770. The van der Waals surface area contributed by atoms with Crippen LogP contribution in [0.15, 0.2) is 29.2 Å². The highest BCUT2D eigenvalue weighted by molar-refractivity contribution is 7.92. The van der Waals surface area contributed by atoms with Gasteiger partial charge in [-0.1, -0.05) is 12.1 Å². The SMILES string of the molecule is Cc1cccc(NS(=O)(=O)c2c(C)c(C)cc(C)c2C)n1. The van der Waals surface area contributed by atoms with Crippen molar-refractivity contribution in [3.05, 3.63) is 52.2 Å². The van der Waals surface area contributed by atoms with Crippen LogP contribution in [0.3, 0.4) is 0 Å². The van der Waals surface area contributed by atoms with Crippen molar-refractivity contribution < 1.29 is 8.42 Å². The summed E-state index contributed by atoms with van der Waals surface area (Å²) in [5, 5.41) is 0. The zero-order valence-electron chi connectivity index (χ0n) is 13.0. The highest BCUT2D eigenvalue weighted by Gasteiger charge is 2.22. The van der Waals surface area contributed by atoms with Gasteiger partial charge in [0.05, 0.1) is 4.90 Å². The molecule has 2 aromatic rings. The predicted octanol–water partition coefficient (Wildman–Crippen LogP) is 3.42. The van der Waals surface area contributed by atoms with Gasteiger partial charge in [-0.15, -0.1) is 0 Å². The van der Waals surface area contributed by atoms with E-state index >= 15 is 0 Å². The molecular weight excluding hydrogens is 284 g/mol. The van der Waals surface area contributed by atoms with Crippen LogP contribution in [-0.4, -0.2) is 13.4 Å². The average Bonchev–Trinajstić information content (AvgIpc) is 2.35. The van der Waals surface area contributed by atoms with Crippen molar-refractivity contribution in [2.45, 2.75) is 39.5 Å². The van der Waals surface area contributed by atoms with Crippen LogP contribution in [0.4, 0.5) is 5.82 Å². The molecule has 0 unspecified atom stereocenters. The highest BCUT2D eigenvalue weighted by atomic mass is 32.2. The smallest absolute Gasteiger partial charge is 0.263 e. The van der Waals surface area contributed by atoms with E-state index in [0.29, 0.717) is 10.7 Å². The molecule has 0 amide bonds. The quantitative estimate of drug-likeness (QED) is 0.945. The lowest BCUT2D eigenvalue weighted by Crippen LogP contribution is -2.17. The Kier molecular flexibility index (Phi) is 4.05. The van der Waals surface area contributed by atoms with Gasteiger partial charge in [0.1, 0.15) is 5.82 Å². The van der Waals surface area contributed by atoms with E-state index in [1.54, 1.807) is 12.1 Å². The molecule has 2 rings (SSSR count). The Morgan fingerprint density at radius 3 is 2.05 bits per heavy atom. The van der Waals surface area contributed by atoms with Gasteiger partial charge < -0.3 is 0 Å². The Labute approximate surface area is 126 Å². The van der Waals surface area contributed by atoms with E-state index in [9.17, 15) is 8.42 Å². The van der Waals surface area contributed by atoms with Crippen molar-refractivity contribution in [2.24, 2.45) is 0 Å². The minimum Gasteiger partial charge on any atom is -0.263 e. The topological polar surface area (TPSA) is 59.1 Å². The molecule has 0 atom stereocenters. The molecular formula is C16H20N2O2S. The maximum atomic E-state index is 12.7. The summed E-state index contributed by atoms with van der Waals surface area (Å²) in [6.07, 6.45) is 0. The van der Waals surface area contributed by atoms with Crippen LogP contribution in [0, 0.1) is 34.6 Å². The monoisotopic (exact) mass is 304 g/mol. The number of rotatable bonds is 3. The van der Waals surface area contributed by atoms with Crippen molar-refractivity contribution in [1.82, 2.24) is 4.98 Å². The third-order valence-electron chi connectivity index (χ3n) is 3.69. The number of nitrogens with zero attached hydrogens (tertiary/aromatic N) is 1. The van der Waals surface area contributed by atoms with Crippen LogP contribution in [-0.2, 0) is 10.0 Å². The summed E-state index contributed by atoms with van der Waals surface area (Å²) in [6.45, 7) is 9.34. The molecule has 0 fully saturated rings. The minimum atomic E-state index is -3.65. The second-order valence-corrected chi connectivity index (χ2v) is 6.98. The Morgan fingerprint density at radius 1 is 0.952 bits per heavy atom. The number of nitrogens with one attached hydrogen (secondary N) is 1. The number of anilines is 1. The lowest BCUT2D eigenvalue weighted by Gasteiger charge is -2.16. The van der Waals surface area contributed by atoms with Crippen LogP contribution in [0.25, 0.3) is 0 Å².